The number of aromatic nitrogens is 2. The van der Waals surface area contributed by atoms with Crippen LogP contribution in [0.5, 0.6) is 0 Å². The van der Waals surface area contributed by atoms with Gasteiger partial charge in [-0.1, -0.05) is 13.8 Å². The minimum atomic E-state index is -0.432. The van der Waals surface area contributed by atoms with Gasteiger partial charge in [-0.3, -0.25) is 18.7 Å². The molecule has 6 nitrogen and oxygen atoms in total. The van der Waals surface area contributed by atoms with E-state index in [1.165, 1.54) is 20.5 Å². The van der Waals surface area contributed by atoms with Gasteiger partial charge >= 0.3 is 5.69 Å². The first kappa shape index (κ1) is 17.5. The van der Waals surface area contributed by atoms with E-state index in [1.807, 2.05) is 34.6 Å². The van der Waals surface area contributed by atoms with Crippen molar-refractivity contribution in [2.45, 2.75) is 53.2 Å². The molecule has 0 radical (unpaired) electrons. The Morgan fingerprint density at radius 3 is 2.48 bits per heavy atom. The Balaban J connectivity index is 2.55. The number of carbonyl (C=O) groups excluding carboxylic acids is 1. The molecule has 0 fully saturated rings. The van der Waals surface area contributed by atoms with Gasteiger partial charge < -0.3 is 5.32 Å². The van der Waals surface area contributed by atoms with Gasteiger partial charge in [0.15, 0.2) is 0 Å². The number of rotatable bonds is 4. The Labute approximate surface area is 138 Å². The standard InChI is InChI=1S/C16H23N3O3S/c1-10(2)8-19-14(21)13-11(6-7-23-13)18(15(19)22)9-12(20)17-16(3,4)5/h6-7,10H,8-9H2,1-5H3,(H,17,20). The van der Waals surface area contributed by atoms with E-state index >= 15 is 0 Å². The highest BCUT2D eigenvalue weighted by Crippen LogP contribution is 2.15. The molecule has 0 saturated carbocycles. The van der Waals surface area contributed by atoms with Gasteiger partial charge in [0.25, 0.3) is 5.56 Å². The molecule has 0 aromatic carbocycles. The largest absolute Gasteiger partial charge is 0.350 e. The Morgan fingerprint density at radius 2 is 1.91 bits per heavy atom. The number of nitrogens with zero attached hydrogens (tertiary/aromatic N) is 2. The lowest BCUT2D eigenvalue weighted by atomic mass is 10.1. The van der Waals surface area contributed by atoms with E-state index in [0.717, 1.165) is 0 Å². The van der Waals surface area contributed by atoms with Crippen molar-refractivity contribution in [3.05, 3.63) is 32.3 Å². The fraction of sp³-hybridized carbons (Fsp3) is 0.562. The fourth-order valence-corrected chi connectivity index (χ4v) is 3.26. The van der Waals surface area contributed by atoms with Crippen molar-refractivity contribution in [2.75, 3.05) is 0 Å². The molecule has 0 aliphatic rings. The van der Waals surface area contributed by atoms with Crippen LogP contribution in [0.4, 0.5) is 0 Å². The minimum Gasteiger partial charge on any atom is -0.350 e. The maximum absolute atomic E-state index is 12.7. The predicted molar refractivity (Wildman–Crippen MR) is 93.1 cm³/mol. The summed E-state index contributed by atoms with van der Waals surface area (Å²) in [6.45, 7) is 9.78. The zero-order chi connectivity index (χ0) is 17.4. The molecule has 0 saturated heterocycles. The summed E-state index contributed by atoms with van der Waals surface area (Å²) in [6, 6.07) is 1.72. The van der Waals surface area contributed by atoms with Crippen LogP contribution in [0.2, 0.25) is 0 Å². The molecule has 23 heavy (non-hydrogen) atoms. The average Bonchev–Trinajstić information content (AvgIpc) is 2.86. The Morgan fingerprint density at radius 1 is 1.26 bits per heavy atom. The van der Waals surface area contributed by atoms with Gasteiger partial charge in [-0.2, -0.15) is 0 Å². The minimum absolute atomic E-state index is 0.0955. The van der Waals surface area contributed by atoms with Gasteiger partial charge in [-0.15, -0.1) is 11.3 Å². The molecule has 2 heterocycles. The first-order chi connectivity index (χ1) is 10.6. The number of nitrogens with one attached hydrogen (secondary N) is 1. The number of amides is 1. The molecular formula is C16H23N3O3S. The molecule has 1 amide bonds. The molecular weight excluding hydrogens is 314 g/mol. The normalized spacial score (nSPS) is 12.1. The van der Waals surface area contributed by atoms with E-state index < -0.39 is 5.69 Å². The number of fused-ring (bicyclic) bond motifs is 1. The average molecular weight is 337 g/mol. The zero-order valence-electron chi connectivity index (χ0n) is 14.2. The van der Waals surface area contributed by atoms with Crippen LogP contribution in [0.1, 0.15) is 34.6 Å². The van der Waals surface area contributed by atoms with Crippen LogP contribution in [-0.4, -0.2) is 20.6 Å². The number of carbonyl (C=O) groups is 1. The van der Waals surface area contributed by atoms with Crippen LogP contribution >= 0.6 is 11.3 Å². The molecule has 0 spiro atoms. The number of hydrogen-bond donors (Lipinski definition) is 1. The SMILES string of the molecule is CC(C)Cn1c(=O)c2sccc2n(CC(=O)NC(C)(C)C)c1=O. The molecule has 1 N–H and O–H groups in total. The lowest BCUT2D eigenvalue weighted by Crippen LogP contribution is -2.46. The molecule has 2 aromatic heterocycles. The van der Waals surface area contributed by atoms with Crippen LogP contribution < -0.4 is 16.6 Å². The summed E-state index contributed by atoms with van der Waals surface area (Å²) in [5.74, 6) is -0.0866. The number of hydrogen-bond acceptors (Lipinski definition) is 4. The fourth-order valence-electron chi connectivity index (χ4n) is 2.41. The van der Waals surface area contributed by atoms with Gasteiger partial charge in [0.2, 0.25) is 5.91 Å². The van der Waals surface area contributed by atoms with Gasteiger partial charge in [0.1, 0.15) is 11.2 Å². The van der Waals surface area contributed by atoms with Crippen LogP contribution in [0.15, 0.2) is 21.0 Å². The van der Waals surface area contributed by atoms with Gasteiger partial charge in [0.05, 0.1) is 5.52 Å². The smallest absolute Gasteiger partial charge is 0.332 e. The molecule has 0 bridgehead atoms. The van der Waals surface area contributed by atoms with Crippen LogP contribution in [-0.2, 0) is 17.9 Å². The molecule has 7 heteroatoms. The maximum Gasteiger partial charge on any atom is 0.332 e. The van der Waals surface area contributed by atoms with E-state index in [4.69, 9.17) is 0 Å². The van der Waals surface area contributed by atoms with Crippen molar-refractivity contribution in [2.24, 2.45) is 5.92 Å². The first-order valence-electron chi connectivity index (χ1n) is 7.62. The lowest BCUT2D eigenvalue weighted by molar-refractivity contribution is -0.123. The summed E-state index contributed by atoms with van der Waals surface area (Å²) < 4.78 is 3.12. The van der Waals surface area contributed by atoms with Crippen molar-refractivity contribution in [1.29, 1.82) is 0 Å². The summed E-state index contributed by atoms with van der Waals surface area (Å²) >= 11 is 1.29. The number of thiophene rings is 1. The van der Waals surface area contributed by atoms with E-state index in [1.54, 1.807) is 11.4 Å². The van der Waals surface area contributed by atoms with Crippen LogP contribution in [0.25, 0.3) is 10.2 Å². The van der Waals surface area contributed by atoms with Crippen molar-refractivity contribution < 1.29 is 4.79 Å². The highest BCUT2D eigenvalue weighted by Gasteiger charge is 2.19. The van der Waals surface area contributed by atoms with Crippen molar-refractivity contribution in [3.63, 3.8) is 0 Å². The van der Waals surface area contributed by atoms with Gasteiger partial charge in [0, 0.05) is 12.1 Å². The second-order valence-electron chi connectivity index (χ2n) is 7.11. The Hall–Kier alpha value is -1.89. The Bertz CT molecular complexity index is 837. The summed E-state index contributed by atoms with van der Waals surface area (Å²) in [6.07, 6.45) is 0. The highest BCUT2D eigenvalue weighted by molar-refractivity contribution is 7.17. The second kappa shape index (κ2) is 6.31. The van der Waals surface area contributed by atoms with Crippen molar-refractivity contribution in [3.8, 4) is 0 Å². The summed E-state index contributed by atoms with van der Waals surface area (Å²) in [4.78, 5) is 37.4. The van der Waals surface area contributed by atoms with Crippen LogP contribution in [0.3, 0.4) is 0 Å². The molecule has 0 aliphatic heterocycles. The highest BCUT2D eigenvalue weighted by atomic mass is 32.1. The quantitative estimate of drug-likeness (QED) is 0.924. The molecule has 0 unspecified atom stereocenters. The third-order valence-corrected chi connectivity index (χ3v) is 4.09. The van der Waals surface area contributed by atoms with E-state index in [2.05, 4.69) is 5.32 Å². The second-order valence-corrected chi connectivity index (χ2v) is 8.03. The van der Waals surface area contributed by atoms with Crippen LogP contribution in [0, 0.1) is 5.92 Å². The molecule has 2 rings (SSSR count). The topological polar surface area (TPSA) is 73.1 Å². The van der Waals surface area contributed by atoms with Gasteiger partial charge in [-0.25, -0.2) is 4.79 Å². The summed E-state index contributed by atoms with van der Waals surface area (Å²) in [5.41, 5.74) is -0.560. The molecule has 126 valence electrons. The maximum atomic E-state index is 12.7. The third-order valence-electron chi connectivity index (χ3n) is 3.20. The Kier molecular flexibility index (Phi) is 4.79. The third kappa shape index (κ3) is 3.90. The molecule has 2 aromatic rings. The van der Waals surface area contributed by atoms with Crippen molar-refractivity contribution in [1.82, 2.24) is 14.5 Å². The summed E-state index contributed by atoms with van der Waals surface area (Å²) in [5, 5.41) is 4.61. The first-order valence-corrected chi connectivity index (χ1v) is 8.50. The zero-order valence-corrected chi connectivity index (χ0v) is 15.0. The van der Waals surface area contributed by atoms with Crippen molar-refractivity contribution >= 4 is 27.5 Å². The lowest BCUT2D eigenvalue weighted by Gasteiger charge is -2.21. The van der Waals surface area contributed by atoms with E-state index in [9.17, 15) is 14.4 Å². The molecule has 0 aliphatic carbocycles. The monoisotopic (exact) mass is 337 g/mol. The molecule has 0 atom stereocenters. The summed E-state index contributed by atoms with van der Waals surface area (Å²) in [7, 11) is 0. The van der Waals surface area contributed by atoms with E-state index in [0.29, 0.717) is 16.8 Å². The predicted octanol–water partition coefficient (Wildman–Crippen LogP) is 1.80. The van der Waals surface area contributed by atoms with E-state index in [-0.39, 0.29) is 29.5 Å². The van der Waals surface area contributed by atoms with Gasteiger partial charge in [-0.05, 0) is 38.1 Å².